The molecule has 118 valence electrons. The molecule has 0 bridgehead atoms. The number of hydrogen-bond acceptors (Lipinski definition) is 6. The second kappa shape index (κ2) is 5.88. The van der Waals surface area contributed by atoms with E-state index in [-0.39, 0.29) is 11.9 Å². The number of aromatic nitrogens is 4. The highest BCUT2D eigenvalue weighted by Gasteiger charge is 2.32. The van der Waals surface area contributed by atoms with Gasteiger partial charge in [0.05, 0.1) is 12.6 Å². The average Bonchev–Trinajstić information content (AvgIpc) is 3.17. The van der Waals surface area contributed by atoms with Gasteiger partial charge in [0.2, 0.25) is 5.89 Å². The molecule has 0 radical (unpaired) electrons. The molecule has 2 aromatic rings. The third-order valence-electron chi connectivity index (χ3n) is 3.96. The summed E-state index contributed by atoms with van der Waals surface area (Å²) < 4.78 is 7.36. The Morgan fingerprint density at radius 1 is 1.55 bits per heavy atom. The lowest BCUT2D eigenvalue weighted by molar-refractivity contribution is 0.0987. The molecule has 1 aliphatic heterocycles. The van der Waals surface area contributed by atoms with Crippen molar-refractivity contribution in [1.29, 1.82) is 0 Å². The van der Waals surface area contributed by atoms with E-state index in [2.05, 4.69) is 38.4 Å². The Kier molecular flexibility index (Phi) is 3.93. The maximum Gasteiger partial charge on any atom is 0.290 e. The van der Waals surface area contributed by atoms with E-state index < -0.39 is 5.91 Å². The zero-order valence-corrected chi connectivity index (χ0v) is 12.8. The molecule has 1 saturated heterocycles. The van der Waals surface area contributed by atoms with Crippen LogP contribution < -0.4 is 5.73 Å². The highest BCUT2D eigenvalue weighted by atomic mass is 16.5. The number of carbonyl (C=O) groups excluding carboxylic acids is 1. The predicted octanol–water partition coefficient (Wildman–Crippen LogP) is 1.28. The number of nitrogens with zero attached hydrogens (tertiary/aromatic N) is 5. The fourth-order valence-electron chi connectivity index (χ4n) is 2.88. The van der Waals surface area contributed by atoms with Gasteiger partial charge in [-0.25, -0.2) is 4.98 Å². The minimum absolute atomic E-state index is 0.0120. The van der Waals surface area contributed by atoms with E-state index in [0.717, 1.165) is 25.2 Å². The van der Waals surface area contributed by atoms with Gasteiger partial charge in [-0.15, -0.1) is 0 Å². The maximum atomic E-state index is 11.1. The van der Waals surface area contributed by atoms with Gasteiger partial charge in [-0.05, 0) is 33.2 Å². The summed E-state index contributed by atoms with van der Waals surface area (Å²) in [6.45, 7) is 5.90. The summed E-state index contributed by atoms with van der Waals surface area (Å²) >= 11 is 0. The lowest BCUT2D eigenvalue weighted by Crippen LogP contribution is -2.25. The quantitative estimate of drug-likeness (QED) is 0.892. The minimum Gasteiger partial charge on any atom is -0.363 e. The van der Waals surface area contributed by atoms with E-state index >= 15 is 0 Å². The topological polar surface area (TPSA) is 103 Å². The van der Waals surface area contributed by atoms with Gasteiger partial charge in [-0.3, -0.25) is 9.69 Å². The molecular formula is C14H20N6O2. The Hall–Kier alpha value is -2.22. The smallest absolute Gasteiger partial charge is 0.290 e. The van der Waals surface area contributed by atoms with Crippen molar-refractivity contribution in [2.45, 2.75) is 45.3 Å². The molecule has 8 nitrogen and oxygen atoms in total. The number of likely N-dealkylation sites (tertiary alicyclic amines) is 1. The monoisotopic (exact) mass is 304 g/mol. The molecule has 2 aromatic heterocycles. The van der Waals surface area contributed by atoms with Crippen molar-refractivity contribution in [3.63, 3.8) is 0 Å². The molecule has 1 amide bonds. The molecule has 2 N–H and O–H groups in total. The van der Waals surface area contributed by atoms with E-state index in [4.69, 9.17) is 10.3 Å². The number of rotatable bonds is 5. The van der Waals surface area contributed by atoms with Crippen LogP contribution in [0.3, 0.4) is 0 Å². The molecule has 0 unspecified atom stereocenters. The van der Waals surface area contributed by atoms with Crippen LogP contribution in [0.4, 0.5) is 0 Å². The number of carbonyl (C=O) groups is 1. The lowest BCUT2D eigenvalue weighted by atomic mass is 10.2. The first kappa shape index (κ1) is 14.7. The molecule has 1 fully saturated rings. The number of amides is 1. The molecule has 1 atom stereocenters. The molecule has 22 heavy (non-hydrogen) atoms. The van der Waals surface area contributed by atoms with Gasteiger partial charge in [0.25, 0.3) is 11.7 Å². The van der Waals surface area contributed by atoms with Crippen molar-refractivity contribution in [2.24, 2.45) is 5.73 Å². The van der Waals surface area contributed by atoms with Crippen LogP contribution in [0.5, 0.6) is 0 Å². The van der Waals surface area contributed by atoms with E-state index in [1.165, 1.54) is 0 Å². The summed E-state index contributed by atoms with van der Waals surface area (Å²) in [5, 5.41) is 3.63. The average molecular weight is 304 g/mol. The number of hydrogen-bond donors (Lipinski definition) is 1. The first-order valence-electron chi connectivity index (χ1n) is 7.45. The van der Waals surface area contributed by atoms with Crippen molar-refractivity contribution < 1.29 is 9.32 Å². The fraction of sp³-hybridized carbons (Fsp3) is 0.571. The minimum atomic E-state index is -0.671. The van der Waals surface area contributed by atoms with E-state index in [9.17, 15) is 4.79 Å². The molecule has 0 aromatic carbocycles. The van der Waals surface area contributed by atoms with Crippen LogP contribution in [-0.2, 0) is 6.54 Å². The molecule has 0 saturated carbocycles. The summed E-state index contributed by atoms with van der Waals surface area (Å²) in [6, 6.07) is 0.376. The van der Waals surface area contributed by atoms with Crippen LogP contribution in [0.2, 0.25) is 0 Å². The summed E-state index contributed by atoms with van der Waals surface area (Å²) in [4.78, 5) is 21.9. The molecule has 0 spiro atoms. The molecule has 3 rings (SSSR count). The standard InChI is InChI=1S/C14H20N6O2/c1-9(2)20-7-5-16-11(20)8-19-6-3-4-10(19)14-17-13(12(15)21)18-22-14/h5,7,9-10H,3-4,6,8H2,1-2H3,(H2,15,21)/t10-/m1/s1. The van der Waals surface area contributed by atoms with Crippen LogP contribution in [0.1, 0.15) is 61.1 Å². The second-order valence-corrected chi connectivity index (χ2v) is 5.79. The summed E-state index contributed by atoms with van der Waals surface area (Å²) in [6.07, 6.45) is 5.77. The molecule has 1 aliphatic rings. The van der Waals surface area contributed by atoms with Gasteiger partial charge in [0, 0.05) is 18.4 Å². The van der Waals surface area contributed by atoms with Crippen molar-refractivity contribution in [3.05, 3.63) is 29.9 Å². The molecular weight excluding hydrogens is 284 g/mol. The zero-order chi connectivity index (χ0) is 15.7. The Morgan fingerprint density at radius 2 is 2.36 bits per heavy atom. The Balaban J connectivity index is 1.78. The second-order valence-electron chi connectivity index (χ2n) is 5.79. The van der Waals surface area contributed by atoms with Gasteiger partial charge in [-0.2, -0.15) is 4.98 Å². The zero-order valence-electron chi connectivity index (χ0n) is 12.8. The van der Waals surface area contributed by atoms with Crippen LogP contribution in [-0.4, -0.2) is 37.0 Å². The number of imidazole rings is 1. The summed E-state index contributed by atoms with van der Waals surface area (Å²) in [7, 11) is 0. The van der Waals surface area contributed by atoms with Gasteiger partial charge >= 0.3 is 0 Å². The third-order valence-corrected chi connectivity index (χ3v) is 3.96. The van der Waals surface area contributed by atoms with E-state index in [1.54, 1.807) is 0 Å². The van der Waals surface area contributed by atoms with Gasteiger partial charge in [0.15, 0.2) is 0 Å². The summed E-state index contributed by atoms with van der Waals surface area (Å²) in [5.74, 6) is 0.728. The van der Waals surface area contributed by atoms with Gasteiger partial charge < -0.3 is 14.8 Å². The Morgan fingerprint density at radius 3 is 3.05 bits per heavy atom. The van der Waals surface area contributed by atoms with E-state index in [0.29, 0.717) is 18.5 Å². The maximum absolute atomic E-state index is 11.1. The Bertz CT molecular complexity index is 662. The molecule has 3 heterocycles. The van der Waals surface area contributed by atoms with Gasteiger partial charge in [-0.1, -0.05) is 5.16 Å². The molecule has 8 heteroatoms. The van der Waals surface area contributed by atoms with Crippen molar-refractivity contribution in [3.8, 4) is 0 Å². The van der Waals surface area contributed by atoms with Crippen LogP contribution in [0, 0.1) is 0 Å². The summed E-state index contributed by atoms with van der Waals surface area (Å²) in [5.41, 5.74) is 5.17. The fourth-order valence-corrected chi connectivity index (χ4v) is 2.88. The highest BCUT2D eigenvalue weighted by molar-refractivity contribution is 5.88. The first-order valence-corrected chi connectivity index (χ1v) is 7.45. The van der Waals surface area contributed by atoms with Crippen LogP contribution in [0.15, 0.2) is 16.9 Å². The number of nitrogens with two attached hydrogens (primary N) is 1. The van der Waals surface area contributed by atoms with Crippen molar-refractivity contribution in [2.75, 3.05) is 6.54 Å². The van der Waals surface area contributed by atoms with Crippen molar-refractivity contribution in [1.82, 2.24) is 24.6 Å². The predicted molar refractivity (Wildman–Crippen MR) is 77.8 cm³/mol. The third kappa shape index (κ3) is 2.74. The van der Waals surface area contributed by atoms with E-state index in [1.807, 2.05) is 12.4 Å². The normalized spacial score (nSPS) is 19.1. The van der Waals surface area contributed by atoms with Crippen LogP contribution >= 0.6 is 0 Å². The SMILES string of the molecule is CC(C)n1ccnc1CN1CCC[C@@H]1c1nc(C(N)=O)no1. The number of primary amides is 1. The highest BCUT2D eigenvalue weighted by Crippen LogP contribution is 2.32. The van der Waals surface area contributed by atoms with Gasteiger partial charge in [0.1, 0.15) is 5.82 Å². The first-order chi connectivity index (χ1) is 10.6. The lowest BCUT2D eigenvalue weighted by Gasteiger charge is -2.22. The van der Waals surface area contributed by atoms with Crippen molar-refractivity contribution >= 4 is 5.91 Å². The molecule has 0 aliphatic carbocycles. The van der Waals surface area contributed by atoms with Crippen LogP contribution in [0.25, 0.3) is 0 Å². The largest absolute Gasteiger partial charge is 0.363 e. The Labute approximate surface area is 128 Å².